The van der Waals surface area contributed by atoms with Crippen LogP contribution in [0, 0.1) is 25.5 Å². The van der Waals surface area contributed by atoms with Crippen LogP contribution in [0.5, 0.6) is 0 Å². The van der Waals surface area contributed by atoms with Crippen LogP contribution in [0.3, 0.4) is 0 Å². The predicted molar refractivity (Wildman–Crippen MR) is 90.1 cm³/mol. The topological polar surface area (TPSA) is 32.3 Å². The van der Waals surface area contributed by atoms with E-state index in [-0.39, 0.29) is 6.04 Å². The lowest BCUT2D eigenvalue weighted by molar-refractivity contribution is 0.194. The largest absolute Gasteiger partial charge is 0.353 e. The van der Waals surface area contributed by atoms with Crippen molar-refractivity contribution in [1.29, 1.82) is 0 Å². The Morgan fingerprint density at radius 3 is 2.46 bits per heavy atom. The van der Waals surface area contributed by atoms with Gasteiger partial charge in [-0.15, -0.1) is 0 Å². The number of benzene rings is 1. The lowest BCUT2D eigenvalue weighted by Crippen LogP contribution is -2.47. The normalized spacial score (nSPS) is 17.1. The van der Waals surface area contributed by atoms with Gasteiger partial charge in [-0.1, -0.05) is 6.07 Å². The second-order valence-corrected chi connectivity index (χ2v) is 6.29. The van der Waals surface area contributed by atoms with Gasteiger partial charge in [0.1, 0.15) is 17.5 Å². The number of hydrogen-bond acceptors (Lipinski definition) is 4. The summed E-state index contributed by atoms with van der Waals surface area (Å²) in [7, 11) is 0. The fraction of sp³-hybridized carbons (Fsp3) is 0.444. The number of piperazine rings is 1. The summed E-state index contributed by atoms with van der Waals surface area (Å²) in [5.41, 5.74) is 2.36. The van der Waals surface area contributed by atoms with Crippen LogP contribution in [0.2, 0.25) is 0 Å². The quantitative estimate of drug-likeness (QED) is 0.864. The van der Waals surface area contributed by atoms with E-state index in [1.54, 1.807) is 6.20 Å². The molecule has 1 aliphatic heterocycles. The van der Waals surface area contributed by atoms with E-state index >= 15 is 0 Å². The van der Waals surface area contributed by atoms with Gasteiger partial charge in [0, 0.05) is 50.0 Å². The maximum Gasteiger partial charge on any atom is 0.150 e. The van der Waals surface area contributed by atoms with Crippen LogP contribution in [-0.4, -0.2) is 41.0 Å². The van der Waals surface area contributed by atoms with Crippen molar-refractivity contribution in [3.8, 4) is 0 Å². The monoisotopic (exact) mass is 332 g/mol. The minimum Gasteiger partial charge on any atom is -0.353 e. The molecule has 0 N–H and O–H groups in total. The molecule has 0 aliphatic carbocycles. The Bertz CT molecular complexity index is 727. The van der Waals surface area contributed by atoms with Crippen molar-refractivity contribution in [2.45, 2.75) is 26.8 Å². The van der Waals surface area contributed by atoms with Crippen LogP contribution in [-0.2, 0) is 0 Å². The van der Waals surface area contributed by atoms with Crippen LogP contribution < -0.4 is 4.90 Å². The Balaban J connectivity index is 1.69. The molecule has 0 spiro atoms. The first-order chi connectivity index (χ1) is 11.5. The molecule has 1 unspecified atom stereocenters. The average Bonchev–Trinajstić information content (AvgIpc) is 2.57. The van der Waals surface area contributed by atoms with E-state index in [2.05, 4.69) is 19.8 Å². The van der Waals surface area contributed by atoms with Crippen LogP contribution in [0.1, 0.15) is 29.9 Å². The third-order valence-corrected chi connectivity index (χ3v) is 4.63. The van der Waals surface area contributed by atoms with E-state index in [0.29, 0.717) is 5.56 Å². The van der Waals surface area contributed by atoms with Crippen molar-refractivity contribution in [2.24, 2.45) is 0 Å². The molecule has 24 heavy (non-hydrogen) atoms. The fourth-order valence-electron chi connectivity index (χ4n) is 3.18. The van der Waals surface area contributed by atoms with E-state index in [4.69, 9.17) is 0 Å². The lowest BCUT2D eigenvalue weighted by atomic mass is 10.1. The molecule has 4 nitrogen and oxygen atoms in total. The highest BCUT2D eigenvalue weighted by Gasteiger charge is 2.25. The maximum atomic E-state index is 14.0. The third-order valence-electron chi connectivity index (χ3n) is 4.63. The first-order valence-corrected chi connectivity index (χ1v) is 8.20. The summed E-state index contributed by atoms with van der Waals surface area (Å²) in [5.74, 6) is -0.0950. The highest BCUT2D eigenvalue weighted by molar-refractivity contribution is 5.43. The Morgan fingerprint density at radius 1 is 1.08 bits per heavy atom. The molecule has 1 fully saturated rings. The average molecular weight is 332 g/mol. The zero-order chi connectivity index (χ0) is 17.3. The summed E-state index contributed by atoms with van der Waals surface area (Å²) in [6.07, 6.45) is 1.77. The summed E-state index contributed by atoms with van der Waals surface area (Å²) in [6.45, 7) is 9.08. The van der Waals surface area contributed by atoms with Gasteiger partial charge in [-0.2, -0.15) is 0 Å². The molecule has 1 aliphatic rings. The van der Waals surface area contributed by atoms with Crippen LogP contribution in [0.4, 0.5) is 14.6 Å². The number of aryl methyl sites for hydroxylation is 2. The van der Waals surface area contributed by atoms with Gasteiger partial charge in [0.25, 0.3) is 0 Å². The minimum absolute atomic E-state index is 0.0857. The maximum absolute atomic E-state index is 14.0. The number of rotatable bonds is 3. The van der Waals surface area contributed by atoms with Crippen molar-refractivity contribution in [3.63, 3.8) is 0 Å². The molecule has 3 rings (SSSR count). The predicted octanol–water partition coefficient (Wildman–Crippen LogP) is 3.25. The van der Waals surface area contributed by atoms with Crippen molar-refractivity contribution in [2.75, 3.05) is 31.1 Å². The highest BCUT2D eigenvalue weighted by Crippen LogP contribution is 2.26. The number of anilines is 1. The summed E-state index contributed by atoms with van der Waals surface area (Å²) >= 11 is 0. The molecule has 1 saturated heterocycles. The van der Waals surface area contributed by atoms with Crippen LogP contribution in [0.25, 0.3) is 0 Å². The summed E-state index contributed by atoms with van der Waals surface area (Å²) < 4.78 is 27.1. The van der Waals surface area contributed by atoms with Gasteiger partial charge >= 0.3 is 0 Å². The number of halogens is 2. The molecule has 0 radical (unpaired) electrons. The van der Waals surface area contributed by atoms with Crippen molar-refractivity contribution < 1.29 is 8.78 Å². The highest BCUT2D eigenvalue weighted by atomic mass is 19.1. The van der Waals surface area contributed by atoms with Gasteiger partial charge in [0.15, 0.2) is 0 Å². The number of aromatic nitrogens is 2. The second kappa shape index (κ2) is 6.81. The smallest absolute Gasteiger partial charge is 0.150 e. The summed E-state index contributed by atoms with van der Waals surface area (Å²) in [6, 6.07) is 3.72. The number of hydrogen-bond donors (Lipinski definition) is 0. The molecule has 6 heteroatoms. The Hall–Kier alpha value is -2.08. The number of nitrogens with zero attached hydrogens (tertiary/aromatic N) is 4. The molecule has 0 bridgehead atoms. The molecule has 1 aromatic carbocycles. The van der Waals surface area contributed by atoms with Crippen molar-refractivity contribution >= 4 is 5.82 Å². The van der Waals surface area contributed by atoms with Gasteiger partial charge in [-0.25, -0.2) is 13.8 Å². The van der Waals surface area contributed by atoms with Gasteiger partial charge in [-0.3, -0.25) is 9.88 Å². The molecule has 2 heterocycles. The molecule has 1 atom stereocenters. The van der Waals surface area contributed by atoms with E-state index < -0.39 is 11.6 Å². The van der Waals surface area contributed by atoms with E-state index in [9.17, 15) is 8.78 Å². The molecule has 2 aromatic rings. The van der Waals surface area contributed by atoms with Gasteiger partial charge < -0.3 is 4.90 Å². The zero-order valence-electron chi connectivity index (χ0n) is 14.3. The van der Waals surface area contributed by atoms with E-state index in [1.807, 2.05) is 20.8 Å². The van der Waals surface area contributed by atoms with Crippen LogP contribution in [0.15, 0.2) is 24.4 Å². The standard InChI is InChI=1S/C18H22F2N4/c1-12-11-21-13(2)18(22-12)24-8-6-23(7-9-24)14(3)16-5-4-15(19)10-17(16)20/h4-5,10-11,14H,6-9H2,1-3H3. The minimum atomic E-state index is -0.540. The first kappa shape index (κ1) is 16.8. The van der Waals surface area contributed by atoms with Gasteiger partial charge in [0.05, 0.1) is 11.4 Å². The van der Waals surface area contributed by atoms with Crippen molar-refractivity contribution in [1.82, 2.24) is 14.9 Å². The zero-order valence-corrected chi connectivity index (χ0v) is 14.3. The second-order valence-electron chi connectivity index (χ2n) is 6.29. The SMILES string of the molecule is Cc1cnc(C)c(N2CCN(C(C)c3ccc(F)cc3F)CC2)n1. The van der Waals surface area contributed by atoms with Crippen molar-refractivity contribution in [3.05, 3.63) is 53.0 Å². The molecule has 1 aromatic heterocycles. The third kappa shape index (κ3) is 3.38. The molecule has 128 valence electrons. The van der Waals surface area contributed by atoms with Crippen LogP contribution >= 0.6 is 0 Å². The Kier molecular flexibility index (Phi) is 4.76. The molecular formula is C18H22F2N4. The van der Waals surface area contributed by atoms with Gasteiger partial charge in [0.2, 0.25) is 0 Å². The van der Waals surface area contributed by atoms with E-state index in [0.717, 1.165) is 49.5 Å². The molecule has 0 amide bonds. The fourth-order valence-corrected chi connectivity index (χ4v) is 3.18. The van der Waals surface area contributed by atoms with E-state index in [1.165, 1.54) is 12.1 Å². The molecule has 0 saturated carbocycles. The van der Waals surface area contributed by atoms with Gasteiger partial charge in [-0.05, 0) is 26.8 Å². The molecular weight excluding hydrogens is 310 g/mol. The lowest BCUT2D eigenvalue weighted by Gasteiger charge is -2.39. The summed E-state index contributed by atoms with van der Waals surface area (Å²) in [4.78, 5) is 13.4. The first-order valence-electron chi connectivity index (χ1n) is 8.20. The Labute approximate surface area is 141 Å². The Morgan fingerprint density at radius 2 is 1.79 bits per heavy atom. The summed E-state index contributed by atoms with van der Waals surface area (Å²) in [5, 5.41) is 0.